The van der Waals surface area contributed by atoms with Gasteiger partial charge in [0, 0.05) is 11.1 Å². The molecule has 0 aliphatic carbocycles. The van der Waals surface area contributed by atoms with Crippen molar-refractivity contribution in [3.05, 3.63) is 58.9 Å². The van der Waals surface area contributed by atoms with Crippen molar-refractivity contribution < 1.29 is 9.53 Å². The molecule has 0 atom stereocenters. The Labute approximate surface area is 169 Å². The Hall–Kier alpha value is -2.97. The van der Waals surface area contributed by atoms with E-state index < -0.39 is 0 Å². The monoisotopic (exact) mass is 413 g/mol. The van der Waals surface area contributed by atoms with Gasteiger partial charge in [0.25, 0.3) is 5.91 Å². The summed E-state index contributed by atoms with van der Waals surface area (Å²) in [5.74, 6) is 0.996. The third kappa shape index (κ3) is 3.44. The molecule has 0 fully saturated rings. The number of aromatic nitrogens is 4. The number of ether oxygens (including phenoxy) is 1. The van der Waals surface area contributed by atoms with E-state index >= 15 is 0 Å². The van der Waals surface area contributed by atoms with Gasteiger partial charge in [-0.25, -0.2) is 0 Å². The highest BCUT2D eigenvalue weighted by Crippen LogP contribution is 2.32. The summed E-state index contributed by atoms with van der Waals surface area (Å²) in [5, 5.41) is 16.7. The molecular formula is C19H16ClN5O2S. The molecule has 0 saturated heterocycles. The second-order valence-corrected chi connectivity index (χ2v) is 7.29. The summed E-state index contributed by atoms with van der Waals surface area (Å²) >= 11 is 7.61. The average molecular weight is 414 g/mol. The number of carbonyl (C=O) groups is 1. The van der Waals surface area contributed by atoms with Gasteiger partial charge in [-0.1, -0.05) is 35.1 Å². The lowest BCUT2D eigenvalue weighted by atomic mass is 10.1. The van der Waals surface area contributed by atoms with Crippen molar-refractivity contribution in [1.29, 1.82) is 0 Å². The van der Waals surface area contributed by atoms with Crippen LogP contribution in [0.4, 0.5) is 5.69 Å². The zero-order valence-corrected chi connectivity index (χ0v) is 16.7. The molecule has 4 rings (SSSR count). The maximum atomic E-state index is 12.7. The van der Waals surface area contributed by atoms with Crippen LogP contribution in [-0.4, -0.2) is 32.3 Å². The van der Waals surface area contributed by atoms with Crippen LogP contribution in [0.2, 0.25) is 5.02 Å². The van der Waals surface area contributed by atoms with E-state index in [1.807, 2.05) is 38.1 Å². The minimum atomic E-state index is -0.267. The van der Waals surface area contributed by atoms with Crippen LogP contribution in [0.15, 0.2) is 42.5 Å². The molecule has 0 saturated carbocycles. The van der Waals surface area contributed by atoms with Crippen molar-refractivity contribution in [1.82, 2.24) is 19.8 Å². The number of hydrogen-bond acceptors (Lipinski definition) is 6. The number of carbonyl (C=O) groups excluding carboxylic acids is 1. The first-order valence-electron chi connectivity index (χ1n) is 8.58. The van der Waals surface area contributed by atoms with Crippen LogP contribution in [0.1, 0.15) is 23.1 Å². The molecule has 0 aliphatic rings. The molecule has 9 heteroatoms. The molecule has 2 heterocycles. The van der Waals surface area contributed by atoms with Gasteiger partial charge >= 0.3 is 0 Å². The molecule has 1 N–H and O–H groups in total. The Morgan fingerprint density at radius 2 is 2.07 bits per heavy atom. The van der Waals surface area contributed by atoms with E-state index in [2.05, 4.69) is 20.6 Å². The zero-order valence-electron chi connectivity index (χ0n) is 15.1. The van der Waals surface area contributed by atoms with E-state index in [1.165, 1.54) is 11.3 Å². The molecule has 0 aliphatic heterocycles. The predicted octanol–water partition coefficient (Wildman–Crippen LogP) is 4.47. The fourth-order valence-electron chi connectivity index (χ4n) is 2.71. The van der Waals surface area contributed by atoms with Crippen LogP contribution in [-0.2, 0) is 0 Å². The molecular weight excluding hydrogens is 398 g/mol. The number of benzene rings is 2. The second kappa shape index (κ2) is 7.57. The lowest BCUT2D eigenvalue weighted by Crippen LogP contribution is -2.12. The molecule has 0 bridgehead atoms. The highest BCUT2D eigenvalue weighted by Gasteiger charge is 2.16. The summed E-state index contributed by atoms with van der Waals surface area (Å²) in [6.07, 6.45) is 0. The van der Waals surface area contributed by atoms with E-state index in [0.29, 0.717) is 39.4 Å². The number of nitrogens with one attached hydrogen (secondary N) is 1. The SMILES string of the molecule is CCOc1ccc(C(=O)Nc2ccccc2-c2nn3c(C)nnc3s2)cc1Cl. The predicted molar refractivity (Wildman–Crippen MR) is 109 cm³/mol. The molecule has 142 valence electrons. The third-order valence-electron chi connectivity index (χ3n) is 4.05. The van der Waals surface area contributed by atoms with Gasteiger partial charge in [-0.2, -0.15) is 9.61 Å². The van der Waals surface area contributed by atoms with Gasteiger partial charge in [0.2, 0.25) is 4.96 Å². The Morgan fingerprint density at radius 1 is 1.25 bits per heavy atom. The highest BCUT2D eigenvalue weighted by molar-refractivity contribution is 7.19. The maximum Gasteiger partial charge on any atom is 0.255 e. The topological polar surface area (TPSA) is 81.4 Å². The van der Waals surface area contributed by atoms with Gasteiger partial charge < -0.3 is 10.1 Å². The van der Waals surface area contributed by atoms with Crippen molar-refractivity contribution in [2.75, 3.05) is 11.9 Å². The molecule has 28 heavy (non-hydrogen) atoms. The van der Waals surface area contributed by atoms with Crippen molar-refractivity contribution in [2.24, 2.45) is 0 Å². The van der Waals surface area contributed by atoms with Crippen LogP contribution < -0.4 is 10.1 Å². The number of nitrogens with zero attached hydrogens (tertiary/aromatic N) is 4. The van der Waals surface area contributed by atoms with Gasteiger partial charge in [0.05, 0.1) is 17.3 Å². The summed E-state index contributed by atoms with van der Waals surface area (Å²) < 4.78 is 7.10. The minimum absolute atomic E-state index is 0.267. The molecule has 0 unspecified atom stereocenters. The first-order valence-corrected chi connectivity index (χ1v) is 9.78. The Morgan fingerprint density at radius 3 is 2.82 bits per heavy atom. The molecule has 1 amide bonds. The normalized spacial score (nSPS) is 11.0. The van der Waals surface area contributed by atoms with Crippen molar-refractivity contribution in [3.8, 4) is 16.3 Å². The molecule has 0 radical (unpaired) electrons. The number of rotatable bonds is 5. The summed E-state index contributed by atoms with van der Waals surface area (Å²) in [7, 11) is 0. The molecule has 7 nitrogen and oxygen atoms in total. The van der Waals surface area contributed by atoms with Gasteiger partial charge in [-0.15, -0.1) is 10.2 Å². The number of amides is 1. The van der Waals surface area contributed by atoms with Gasteiger partial charge in [-0.05, 0) is 44.2 Å². The maximum absolute atomic E-state index is 12.7. The summed E-state index contributed by atoms with van der Waals surface area (Å²) in [6.45, 7) is 4.22. The molecule has 2 aromatic carbocycles. The smallest absolute Gasteiger partial charge is 0.255 e. The lowest BCUT2D eigenvalue weighted by Gasteiger charge is -2.11. The first-order chi connectivity index (χ1) is 13.6. The van der Waals surface area contributed by atoms with Crippen LogP contribution in [0.5, 0.6) is 5.75 Å². The number of fused-ring (bicyclic) bond motifs is 1. The Bertz CT molecular complexity index is 1170. The molecule has 4 aromatic rings. The average Bonchev–Trinajstić information content (AvgIpc) is 3.26. The lowest BCUT2D eigenvalue weighted by molar-refractivity contribution is 0.102. The van der Waals surface area contributed by atoms with E-state index in [4.69, 9.17) is 16.3 Å². The summed E-state index contributed by atoms with van der Waals surface area (Å²) in [4.78, 5) is 13.4. The second-order valence-electron chi connectivity index (χ2n) is 5.93. The number of halogens is 1. The first kappa shape index (κ1) is 18.4. The van der Waals surface area contributed by atoms with Crippen molar-refractivity contribution in [3.63, 3.8) is 0 Å². The van der Waals surface area contributed by atoms with E-state index in [1.54, 1.807) is 22.7 Å². The quantitative estimate of drug-likeness (QED) is 0.522. The number of hydrogen-bond donors (Lipinski definition) is 1. The summed E-state index contributed by atoms with van der Waals surface area (Å²) in [6, 6.07) is 12.5. The van der Waals surface area contributed by atoms with Crippen LogP contribution in [0.25, 0.3) is 15.5 Å². The van der Waals surface area contributed by atoms with Crippen molar-refractivity contribution in [2.45, 2.75) is 13.8 Å². The number of para-hydroxylation sites is 1. The summed E-state index contributed by atoms with van der Waals surface area (Å²) in [5.41, 5.74) is 1.90. The third-order valence-corrected chi connectivity index (χ3v) is 5.27. The van der Waals surface area contributed by atoms with E-state index in [9.17, 15) is 4.79 Å². The van der Waals surface area contributed by atoms with Gasteiger partial charge in [-0.3, -0.25) is 4.79 Å². The van der Waals surface area contributed by atoms with Gasteiger partial charge in [0.15, 0.2) is 5.82 Å². The Balaban J connectivity index is 1.63. The van der Waals surface area contributed by atoms with E-state index in [0.717, 1.165) is 10.6 Å². The zero-order chi connectivity index (χ0) is 19.7. The van der Waals surface area contributed by atoms with E-state index in [-0.39, 0.29) is 5.91 Å². The largest absolute Gasteiger partial charge is 0.492 e. The number of anilines is 1. The van der Waals surface area contributed by atoms with Crippen LogP contribution >= 0.6 is 22.9 Å². The van der Waals surface area contributed by atoms with Crippen molar-refractivity contribution >= 4 is 39.5 Å². The van der Waals surface area contributed by atoms with Gasteiger partial charge in [0.1, 0.15) is 10.8 Å². The molecule has 0 spiro atoms. The molecule has 2 aromatic heterocycles. The highest BCUT2D eigenvalue weighted by atomic mass is 35.5. The van der Waals surface area contributed by atoms with Crippen LogP contribution in [0, 0.1) is 6.92 Å². The van der Waals surface area contributed by atoms with Crippen LogP contribution in [0.3, 0.4) is 0 Å². The number of aryl methyl sites for hydroxylation is 1. The fraction of sp³-hybridized carbons (Fsp3) is 0.158. The minimum Gasteiger partial charge on any atom is -0.492 e. The Kier molecular flexibility index (Phi) is 4.97. The fourth-order valence-corrected chi connectivity index (χ4v) is 3.87. The standard InChI is InChI=1S/C19H16ClN5O2S/c1-3-27-16-9-8-12(10-14(16)20)17(26)21-15-7-5-4-6-13(15)18-24-25-11(2)22-23-19(25)28-18/h4-10H,3H2,1-2H3,(H,21,26).